The van der Waals surface area contributed by atoms with Gasteiger partial charge in [0.2, 0.25) is 0 Å². The third-order valence-electron chi connectivity index (χ3n) is 2.86. The molecule has 1 saturated heterocycles. The Morgan fingerprint density at radius 3 is 2.76 bits per heavy atom. The van der Waals surface area contributed by atoms with Crippen LogP contribution in [0, 0.1) is 16.0 Å². The van der Waals surface area contributed by atoms with Gasteiger partial charge in [0, 0.05) is 12.5 Å². The van der Waals surface area contributed by atoms with Crippen LogP contribution >= 0.6 is 0 Å². The molecule has 0 N–H and O–H groups in total. The van der Waals surface area contributed by atoms with Crippen LogP contribution in [0.25, 0.3) is 5.70 Å². The summed E-state index contributed by atoms with van der Waals surface area (Å²) in [6, 6.07) is 9.00. The molecule has 0 saturated carbocycles. The van der Waals surface area contributed by atoms with Crippen LogP contribution in [0.15, 0.2) is 36.4 Å². The lowest BCUT2D eigenvalue weighted by molar-refractivity contribution is -0.375. The number of benzene rings is 1. The van der Waals surface area contributed by atoms with Gasteiger partial charge in [-0.15, -0.1) is 0 Å². The van der Waals surface area contributed by atoms with E-state index in [9.17, 15) is 10.1 Å². The number of rotatable bonds is 3. The summed E-state index contributed by atoms with van der Waals surface area (Å²) in [4.78, 5) is 10.8. The topological polar surface area (TPSA) is 52.4 Å². The maximum Gasteiger partial charge on any atom is 0.272 e. The van der Waals surface area contributed by atoms with E-state index in [0.29, 0.717) is 12.2 Å². The van der Waals surface area contributed by atoms with Crippen molar-refractivity contribution in [3.63, 3.8) is 0 Å². The second-order valence-electron chi connectivity index (χ2n) is 4.15. The molecular formula is C13H15NO3. The summed E-state index contributed by atoms with van der Waals surface area (Å²) in [5.41, 5.74) is 0.837. The van der Waals surface area contributed by atoms with Gasteiger partial charge in [-0.2, -0.15) is 0 Å². The fraction of sp³-hybridized carbons (Fsp3) is 0.385. The molecule has 1 heterocycles. The Bertz CT molecular complexity index is 408. The standard InChI is InChI=1S/C13H15NO3/c15-14(16)13(12-6-2-1-3-7-12)9-11-5-4-8-17-10-11/h1-3,6-7,9,11H,4-5,8,10H2/b13-9+. The molecule has 0 spiro atoms. The Kier molecular flexibility index (Phi) is 3.88. The first kappa shape index (κ1) is 11.8. The number of hydrogen-bond acceptors (Lipinski definition) is 3. The van der Waals surface area contributed by atoms with Gasteiger partial charge in [-0.25, -0.2) is 0 Å². The Balaban J connectivity index is 2.22. The molecule has 0 bridgehead atoms. The van der Waals surface area contributed by atoms with Crippen LogP contribution in [0.4, 0.5) is 0 Å². The van der Waals surface area contributed by atoms with Crippen molar-refractivity contribution in [2.45, 2.75) is 12.8 Å². The van der Waals surface area contributed by atoms with Gasteiger partial charge in [0.15, 0.2) is 0 Å². The fourth-order valence-corrected chi connectivity index (χ4v) is 1.99. The van der Waals surface area contributed by atoms with Gasteiger partial charge < -0.3 is 4.74 Å². The van der Waals surface area contributed by atoms with Crippen LogP contribution in [-0.4, -0.2) is 18.1 Å². The zero-order chi connectivity index (χ0) is 12.1. The van der Waals surface area contributed by atoms with Crippen LogP contribution in [0.5, 0.6) is 0 Å². The van der Waals surface area contributed by atoms with Crippen LogP contribution in [0.1, 0.15) is 18.4 Å². The largest absolute Gasteiger partial charge is 0.381 e. The molecule has 17 heavy (non-hydrogen) atoms. The van der Waals surface area contributed by atoms with Gasteiger partial charge in [-0.05, 0) is 31.1 Å². The monoisotopic (exact) mass is 233 g/mol. The third kappa shape index (κ3) is 3.14. The lowest BCUT2D eigenvalue weighted by Gasteiger charge is -2.18. The second-order valence-corrected chi connectivity index (χ2v) is 4.15. The molecule has 1 aliphatic heterocycles. The van der Waals surface area contributed by atoms with Crippen molar-refractivity contribution in [3.8, 4) is 0 Å². The van der Waals surface area contributed by atoms with Crippen LogP contribution in [0.3, 0.4) is 0 Å². The van der Waals surface area contributed by atoms with Crippen LogP contribution in [-0.2, 0) is 4.74 Å². The average molecular weight is 233 g/mol. The first-order chi connectivity index (χ1) is 8.27. The zero-order valence-electron chi connectivity index (χ0n) is 9.54. The Labute approximate surface area is 100 Å². The van der Waals surface area contributed by atoms with E-state index >= 15 is 0 Å². The summed E-state index contributed by atoms with van der Waals surface area (Å²) in [6.07, 6.45) is 3.67. The lowest BCUT2D eigenvalue weighted by atomic mass is 9.99. The van der Waals surface area contributed by atoms with Crippen LogP contribution < -0.4 is 0 Å². The number of nitrogens with zero attached hydrogens (tertiary/aromatic N) is 1. The van der Waals surface area contributed by atoms with Crippen molar-refractivity contribution in [1.29, 1.82) is 0 Å². The molecule has 1 atom stereocenters. The summed E-state index contributed by atoms with van der Waals surface area (Å²) < 4.78 is 5.33. The van der Waals surface area contributed by atoms with Crippen molar-refractivity contribution in [1.82, 2.24) is 0 Å². The average Bonchev–Trinajstić information content (AvgIpc) is 2.38. The van der Waals surface area contributed by atoms with Gasteiger partial charge in [0.1, 0.15) is 0 Å². The van der Waals surface area contributed by atoms with Gasteiger partial charge >= 0.3 is 0 Å². The molecule has 1 fully saturated rings. The fourth-order valence-electron chi connectivity index (χ4n) is 1.99. The summed E-state index contributed by atoms with van der Waals surface area (Å²) in [5.74, 6) is 0.157. The number of hydrogen-bond donors (Lipinski definition) is 0. The van der Waals surface area contributed by atoms with Crippen LogP contribution in [0.2, 0.25) is 0 Å². The van der Waals surface area contributed by atoms with Gasteiger partial charge in [-0.1, -0.05) is 18.2 Å². The molecular weight excluding hydrogens is 218 g/mol. The highest BCUT2D eigenvalue weighted by atomic mass is 16.6. The van der Waals surface area contributed by atoms with E-state index in [2.05, 4.69) is 0 Å². The third-order valence-corrected chi connectivity index (χ3v) is 2.86. The van der Waals surface area contributed by atoms with Gasteiger partial charge in [0.25, 0.3) is 5.70 Å². The Hall–Kier alpha value is -1.68. The smallest absolute Gasteiger partial charge is 0.272 e. The van der Waals surface area contributed by atoms with E-state index < -0.39 is 0 Å². The van der Waals surface area contributed by atoms with E-state index in [1.165, 1.54) is 0 Å². The first-order valence-electron chi connectivity index (χ1n) is 5.77. The van der Waals surface area contributed by atoms with Crippen molar-refractivity contribution in [2.24, 2.45) is 5.92 Å². The minimum atomic E-state index is -0.316. The summed E-state index contributed by atoms with van der Waals surface area (Å²) in [5, 5.41) is 11.1. The molecule has 0 amide bonds. The van der Waals surface area contributed by atoms with Crippen molar-refractivity contribution in [2.75, 3.05) is 13.2 Å². The highest BCUT2D eigenvalue weighted by Crippen LogP contribution is 2.22. The molecule has 1 aromatic carbocycles. The molecule has 4 heteroatoms. The Morgan fingerprint density at radius 2 is 2.18 bits per heavy atom. The van der Waals surface area contributed by atoms with E-state index in [4.69, 9.17) is 4.74 Å². The molecule has 1 aromatic rings. The summed E-state index contributed by atoms with van der Waals surface area (Å²) >= 11 is 0. The van der Waals surface area contributed by atoms with E-state index in [1.54, 1.807) is 18.2 Å². The normalized spacial score (nSPS) is 21.2. The van der Waals surface area contributed by atoms with Crippen molar-refractivity contribution >= 4 is 5.70 Å². The molecule has 4 nitrogen and oxygen atoms in total. The molecule has 1 unspecified atom stereocenters. The second kappa shape index (κ2) is 5.59. The summed E-state index contributed by atoms with van der Waals surface area (Å²) in [6.45, 7) is 1.35. The SMILES string of the molecule is O=[N+]([O-])/C(=C/C1CCCOC1)c1ccccc1. The van der Waals surface area contributed by atoms with Gasteiger partial charge in [0.05, 0.1) is 17.1 Å². The van der Waals surface area contributed by atoms with E-state index in [-0.39, 0.29) is 16.5 Å². The molecule has 0 radical (unpaired) electrons. The molecule has 1 aliphatic rings. The first-order valence-corrected chi connectivity index (χ1v) is 5.77. The Morgan fingerprint density at radius 1 is 1.41 bits per heavy atom. The summed E-state index contributed by atoms with van der Waals surface area (Å²) in [7, 11) is 0. The predicted octanol–water partition coefficient (Wildman–Crippen LogP) is 2.73. The predicted molar refractivity (Wildman–Crippen MR) is 65.0 cm³/mol. The molecule has 2 rings (SSSR count). The van der Waals surface area contributed by atoms with Gasteiger partial charge in [-0.3, -0.25) is 10.1 Å². The molecule has 0 aliphatic carbocycles. The lowest BCUT2D eigenvalue weighted by Crippen LogP contribution is -2.16. The molecule has 0 aromatic heterocycles. The minimum Gasteiger partial charge on any atom is -0.381 e. The highest BCUT2D eigenvalue weighted by Gasteiger charge is 2.19. The maximum atomic E-state index is 11.1. The number of nitro groups is 1. The molecule has 90 valence electrons. The highest BCUT2D eigenvalue weighted by molar-refractivity contribution is 5.58. The maximum absolute atomic E-state index is 11.1. The quantitative estimate of drug-likeness (QED) is 0.595. The van der Waals surface area contributed by atoms with E-state index in [0.717, 1.165) is 19.4 Å². The zero-order valence-corrected chi connectivity index (χ0v) is 9.54. The van der Waals surface area contributed by atoms with Crippen molar-refractivity contribution < 1.29 is 9.66 Å². The number of ether oxygens (including phenoxy) is 1. The van der Waals surface area contributed by atoms with Crippen molar-refractivity contribution in [3.05, 3.63) is 52.1 Å². The minimum absolute atomic E-state index is 0.157. The van der Waals surface area contributed by atoms with E-state index in [1.807, 2.05) is 18.2 Å².